The van der Waals surface area contributed by atoms with Crippen LogP contribution in [0.15, 0.2) is 30.5 Å². The number of piperazine rings is 1. The highest BCUT2D eigenvalue weighted by Gasteiger charge is 2.25. The number of phenols is 1. The first-order valence-electron chi connectivity index (χ1n) is 9.04. The Hall–Kier alpha value is -2.71. The van der Waals surface area contributed by atoms with Gasteiger partial charge in [0.1, 0.15) is 17.1 Å². The molecular formula is C19H24N4O4. The van der Waals surface area contributed by atoms with Gasteiger partial charge in [0.15, 0.2) is 5.82 Å². The van der Waals surface area contributed by atoms with Crippen molar-refractivity contribution < 1.29 is 19.7 Å². The normalized spacial score (nSPS) is 15.0. The minimum Gasteiger partial charge on any atom is -0.507 e. The summed E-state index contributed by atoms with van der Waals surface area (Å²) in [6, 6.07) is 6.83. The number of hydrogen-bond donors (Lipinski definition) is 2. The third-order valence-corrected chi connectivity index (χ3v) is 4.50. The quantitative estimate of drug-likeness (QED) is 0.729. The lowest BCUT2D eigenvalue weighted by molar-refractivity contribution is 0.0526. The lowest BCUT2D eigenvalue weighted by Crippen LogP contribution is -2.48. The summed E-state index contributed by atoms with van der Waals surface area (Å²) in [5.41, 5.74) is 0.819. The molecule has 0 atom stereocenters. The van der Waals surface area contributed by atoms with Crippen molar-refractivity contribution in [1.29, 1.82) is 0 Å². The van der Waals surface area contributed by atoms with Crippen LogP contribution in [0.25, 0.3) is 11.4 Å². The van der Waals surface area contributed by atoms with E-state index in [1.54, 1.807) is 31.2 Å². The Kier molecular flexibility index (Phi) is 6.20. The Labute approximate surface area is 158 Å². The topological polar surface area (TPSA) is 99.0 Å². The van der Waals surface area contributed by atoms with Gasteiger partial charge in [0.2, 0.25) is 0 Å². The van der Waals surface area contributed by atoms with E-state index in [0.717, 1.165) is 13.1 Å². The van der Waals surface area contributed by atoms with E-state index in [2.05, 4.69) is 14.9 Å². The molecule has 1 aromatic carbocycles. The molecule has 1 aliphatic rings. The zero-order chi connectivity index (χ0) is 19.2. The fourth-order valence-corrected chi connectivity index (χ4v) is 3.08. The number of aromatic hydroxyl groups is 1. The summed E-state index contributed by atoms with van der Waals surface area (Å²) < 4.78 is 5.15. The maximum atomic E-state index is 12.4. The van der Waals surface area contributed by atoms with Gasteiger partial charge >= 0.3 is 5.97 Å². The van der Waals surface area contributed by atoms with Gasteiger partial charge in [0.25, 0.3) is 0 Å². The average Bonchev–Trinajstić information content (AvgIpc) is 2.69. The van der Waals surface area contributed by atoms with Gasteiger partial charge < -0.3 is 19.8 Å². The zero-order valence-electron chi connectivity index (χ0n) is 15.3. The van der Waals surface area contributed by atoms with Crippen LogP contribution in [-0.2, 0) is 4.74 Å². The summed E-state index contributed by atoms with van der Waals surface area (Å²) in [5, 5.41) is 19.2. The summed E-state index contributed by atoms with van der Waals surface area (Å²) in [5.74, 6) is 0.480. The Morgan fingerprint density at radius 2 is 1.96 bits per heavy atom. The summed E-state index contributed by atoms with van der Waals surface area (Å²) in [7, 11) is 0. The summed E-state index contributed by atoms with van der Waals surface area (Å²) in [6.07, 6.45) is 1.46. The molecule has 8 nitrogen and oxygen atoms in total. The SMILES string of the molecule is CCOC(=O)c1cnc(-c2ccccc2O)nc1N1CCN(CCO)CC1. The average molecular weight is 372 g/mol. The first kappa shape index (κ1) is 19.1. The van der Waals surface area contributed by atoms with E-state index >= 15 is 0 Å². The summed E-state index contributed by atoms with van der Waals surface area (Å²) in [4.78, 5) is 25.4. The standard InChI is InChI=1S/C19H24N4O4/c1-2-27-19(26)15-13-20-17(14-5-3-4-6-16(14)25)21-18(15)23-9-7-22(8-10-23)11-12-24/h3-6,13,24-25H,2,7-12H2,1H3. The fourth-order valence-electron chi connectivity index (χ4n) is 3.08. The van der Waals surface area contributed by atoms with E-state index in [-0.39, 0.29) is 19.0 Å². The molecule has 1 fully saturated rings. The van der Waals surface area contributed by atoms with Gasteiger partial charge in [-0.1, -0.05) is 12.1 Å². The van der Waals surface area contributed by atoms with Crippen LogP contribution in [0.5, 0.6) is 5.75 Å². The second kappa shape index (κ2) is 8.79. The van der Waals surface area contributed by atoms with Crippen molar-refractivity contribution in [1.82, 2.24) is 14.9 Å². The molecule has 2 N–H and O–H groups in total. The molecule has 0 saturated carbocycles. The van der Waals surface area contributed by atoms with Crippen molar-refractivity contribution in [2.45, 2.75) is 6.92 Å². The van der Waals surface area contributed by atoms with Crippen molar-refractivity contribution in [2.75, 3.05) is 50.8 Å². The van der Waals surface area contributed by atoms with E-state index in [0.29, 0.717) is 42.4 Å². The molecule has 2 aromatic rings. The molecule has 1 saturated heterocycles. The summed E-state index contributed by atoms with van der Waals surface area (Å²) in [6.45, 7) is 5.64. The molecular weight excluding hydrogens is 348 g/mol. The summed E-state index contributed by atoms with van der Waals surface area (Å²) >= 11 is 0. The van der Waals surface area contributed by atoms with E-state index in [1.165, 1.54) is 6.20 Å². The van der Waals surface area contributed by atoms with Crippen molar-refractivity contribution in [3.8, 4) is 17.1 Å². The number of esters is 1. The van der Waals surface area contributed by atoms with Gasteiger partial charge in [-0.15, -0.1) is 0 Å². The zero-order valence-corrected chi connectivity index (χ0v) is 15.3. The molecule has 2 heterocycles. The van der Waals surface area contributed by atoms with E-state index in [4.69, 9.17) is 9.84 Å². The first-order valence-corrected chi connectivity index (χ1v) is 9.04. The van der Waals surface area contributed by atoms with Crippen molar-refractivity contribution >= 4 is 11.8 Å². The number of ether oxygens (including phenoxy) is 1. The third kappa shape index (κ3) is 4.35. The number of hydrogen-bond acceptors (Lipinski definition) is 8. The van der Waals surface area contributed by atoms with Crippen molar-refractivity contribution in [3.63, 3.8) is 0 Å². The number of anilines is 1. The maximum Gasteiger partial charge on any atom is 0.343 e. The number of carbonyl (C=O) groups excluding carboxylic acids is 1. The van der Waals surface area contributed by atoms with Gasteiger partial charge in [0, 0.05) is 38.9 Å². The van der Waals surface area contributed by atoms with Gasteiger partial charge in [-0.05, 0) is 19.1 Å². The Balaban J connectivity index is 1.94. The molecule has 0 unspecified atom stereocenters. The number of aliphatic hydroxyl groups is 1. The molecule has 27 heavy (non-hydrogen) atoms. The number of aliphatic hydroxyl groups excluding tert-OH is 1. The second-order valence-corrected chi connectivity index (χ2v) is 6.22. The third-order valence-electron chi connectivity index (χ3n) is 4.50. The van der Waals surface area contributed by atoms with Gasteiger partial charge in [0.05, 0.1) is 18.8 Å². The van der Waals surface area contributed by atoms with Gasteiger partial charge in [-0.3, -0.25) is 4.90 Å². The molecule has 1 aromatic heterocycles. The Morgan fingerprint density at radius 3 is 2.63 bits per heavy atom. The predicted octanol–water partition coefficient (Wildman–Crippen LogP) is 1.14. The second-order valence-electron chi connectivity index (χ2n) is 6.22. The van der Waals surface area contributed by atoms with Crippen LogP contribution in [0, 0.1) is 0 Å². The number of benzene rings is 1. The molecule has 1 aliphatic heterocycles. The maximum absolute atomic E-state index is 12.4. The largest absolute Gasteiger partial charge is 0.507 e. The predicted molar refractivity (Wildman–Crippen MR) is 101 cm³/mol. The van der Waals surface area contributed by atoms with Crippen LogP contribution in [-0.4, -0.2) is 77.0 Å². The van der Waals surface area contributed by atoms with E-state index in [9.17, 15) is 9.90 Å². The molecule has 144 valence electrons. The Morgan fingerprint density at radius 1 is 1.22 bits per heavy atom. The minimum absolute atomic E-state index is 0.0834. The first-order chi connectivity index (χ1) is 13.1. The molecule has 0 bridgehead atoms. The molecule has 0 aliphatic carbocycles. The number of β-amino-alcohol motifs (C(OH)–C–C–N with tert-alkyl or cyclic N) is 1. The van der Waals surface area contributed by atoms with Crippen LogP contribution in [0.3, 0.4) is 0 Å². The number of rotatable bonds is 6. The monoisotopic (exact) mass is 372 g/mol. The smallest absolute Gasteiger partial charge is 0.343 e. The minimum atomic E-state index is -0.464. The van der Waals surface area contributed by atoms with Crippen LogP contribution >= 0.6 is 0 Å². The van der Waals surface area contributed by atoms with Crippen LogP contribution in [0.2, 0.25) is 0 Å². The van der Waals surface area contributed by atoms with Crippen molar-refractivity contribution in [2.24, 2.45) is 0 Å². The van der Waals surface area contributed by atoms with E-state index < -0.39 is 5.97 Å². The Bertz CT molecular complexity index is 791. The van der Waals surface area contributed by atoms with Crippen LogP contribution in [0.4, 0.5) is 5.82 Å². The lowest BCUT2D eigenvalue weighted by atomic mass is 10.1. The lowest BCUT2D eigenvalue weighted by Gasteiger charge is -2.35. The number of carbonyl (C=O) groups is 1. The highest BCUT2D eigenvalue weighted by Crippen LogP contribution is 2.29. The molecule has 8 heteroatoms. The van der Waals surface area contributed by atoms with Gasteiger partial charge in [-0.2, -0.15) is 0 Å². The molecule has 0 radical (unpaired) electrons. The highest BCUT2D eigenvalue weighted by atomic mass is 16.5. The van der Waals surface area contributed by atoms with E-state index in [1.807, 2.05) is 4.90 Å². The molecule has 0 spiro atoms. The highest BCUT2D eigenvalue weighted by molar-refractivity contribution is 5.95. The van der Waals surface area contributed by atoms with Crippen molar-refractivity contribution in [3.05, 3.63) is 36.0 Å². The number of nitrogens with zero attached hydrogens (tertiary/aromatic N) is 4. The van der Waals surface area contributed by atoms with Crippen LogP contribution in [0.1, 0.15) is 17.3 Å². The van der Waals surface area contributed by atoms with Crippen LogP contribution < -0.4 is 4.90 Å². The number of aromatic nitrogens is 2. The molecule has 3 rings (SSSR count). The fraction of sp³-hybridized carbons (Fsp3) is 0.421. The van der Waals surface area contributed by atoms with Gasteiger partial charge in [-0.25, -0.2) is 14.8 Å². The number of para-hydroxylation sites is 1. The molecule has 0 amide bonds. The number of phenolic OH excluding ortho intramolecular Hbond substituents is 1.